The number of aromatic hydroxyl groups is 1. The maximum atomic E-state index is 12.8. The van der Waals surface area contributed by atoms with E-state index in [1.807, 2.05) is 38.1 Å². The molecule has 0 aromatic heterocycles. The van der Waals surface area contributed by atoms with Crippen LogP contribution >= 0.6 is 11.8 Å². The van der Waals surface area contributed by atoms with Gasteiger partial charge in [-0.2, -0.15) is 0 Å². The van der Waals surface area contributed by atoms with Crippen molar-refractivity contribution in [3.8, 4) is 5.75 Å². The van der Waals surface area contributed by atoms with Crippen molar-refractivity contribution in [1.82, 2.24) is 4.90 Å². The zero-order valence-corrected chi connectivity index (χ0v) is 16.3. The number of hydrogen-bond donors (Lipinski definition) is 1. The number of para-hydroxylation sites is 1. The summed E-state index contributed by atoms with van der Waals surface area (Å²) in [6.45, 7) is 4.38. The molecule has 1 aliphatic heterocycles. The average molecular weight is 397 g/mol. The van der Waals surface area contributed by atoms with E-state index in [0.29, 0.717) is 22.2 Å². The number of benzene rings is 2. The number of rotatable bonds is 5. The molecule has 0 unspecified atom stereocenters. The Morgan fingerprint density at radius 1 is 1.25 bits per heavy atom. The topological polar surface area (TPSA) is 96.0 Å². The molecule has 144 valence electrons. The summed E-state index contributed by atoms with van der Waals surface area (Å²) in [5.41, 5.74) is 1.97. The van der Waals surface area contributed by atoms with Crippen molar-refractivity contribution < 1.29 is 14.8 Å². The Morgan fingerprint density at radius 3 is 2.68 bits per heavy atom. The molecule has 28 heavy (non-hydrogen) atoms. The van der Waals surface area contributed by atoms with Crippen molar-refractivity contribution in [2.24, 2.45) is 4.99 Å². The lowest BCUT2D eigenvalue weighted by atomic mass is 10.1. The highest BCUT2D eigenvalue weighted by molar-refractivity contribution is 8.18. The second-order valence-corrected chi connectivity index (χ2v) is 7.05. The number of amides is 1. The highest BCUT2D eigenvalue weighted by atomic mass is 32.2. The van der Waals surface area contributed by atoms with Crippen LogP contribution in [0, 0.1) is 10.1 Å². The van der Waals surface area contributed by atoms with Crippen LogP contribution in [0.3, 0.4) is 0 Å². The Kier molecular flexibility index (Phi) is 5.79. The first-order chi connectivity index (χ1) is 13.4. The smallest absolute Gasteiger partial charge is 0.311 e. The van der Waals surface area contributed by atoms with Gasteiger partial charge in [0.05, 0.1) is 15.5 Å². The zero-order chi connectivity index (χ0) is 20.3. The third-order valence-electron chi connectivity index (χ3n) is 4.29. The Morgan fingerprint density at radius 2 is 2.00 bits per heavy atom. The molecule has 0 aliphatic carbocycles. The van der Waals surface area contributed by atoms with Gasteiger partial charge in [-0.25, -0.2) is 4.99 Å². The van der Waals surface area contributed by atoms with E-state index in [0.717, 1.165) is 17.7 Å². The number of hydrogen-bond acceptors (Lipinski definition) is 6. The van der Waals surface area contributed by atoms with Crippen molar-refractivity contribution >= 4 is 40.3 Å². The number of thioether (sulfide) groups is 1. The standard InChI is InChI=1S/C20H19N3O4S/c1-3-14-7-5-6-8-15(14)21-20-22(4-2)19(25)18(28-20)12-13-9-10-17(24)16(11-13)23(26)27/h5-12,24H,3-4H2,1-2H3/b18-12+,21-20?. The number of nitrogens with zero attached hydrogens (tertiary/aromatic N) is 3. The monoisotopic (exact) mass is 397 g/mol. The van der Waals surface area contributed by atoms with Crippen LogP contribution in [0.15, 0.2) is 52.4 Å². The van der Waals surface area contributed by atoms with E-state index in [2.05, 4.69) is 4.99 Å². The second kappa shape index (κ2) is 8.26. The maximum Gasteiger partial charge on any atom is 0.311 e. The number of phenolic OH excluding ortho intramolecular Hbond substituents is 1. The van der Waals surface area contributed by atoms with E-state index in [1.54, 1.807) is 11.0 Å². The van der Waals surface area contributed by atoms with Crippen molar-refractivity contribution in [3.05, 3.63) is 68.6 Å². The van der Waals surface area contributed by atoms with Crippen LogP contribution in [0.5, 0.6) is 5.75 Å². The minimum atomic E-state index is -0.659. The molecule has 0 atom stereocenters. The number of carbonyl (C=O) groups is 1. The molecule has 2 aromatic rings. The lowest BCUT2D eigenvalue weighted by Gasteiger charge is -2.12. The van der Waals surface area contributed by atoms with Crippen LogP contribution in [0.4, 0.5) is 11.4 Å². The predicted molar refractivity (Wildman–Crippen MR) is 111 cm³/mol. The van der Waals surface area contributed by atoms with Crippen molar-refractivity contribution in [3.63, 3.8) is 0 Å². The van der Waals surface area contributed by atoms with E-state index in [9.17, 15) is 20.0 Å². The fourth-order valence-electron chi connectivity index (χ4n) is 2.82. The lowest BCUT2D eigenvalue weighted by molar-refractivity contribution is -0.385. The molecule has 1 N–H and O–H groups in total. The Balaban J connectivity index is 1.98. The van der Waals surface area contributed by atoms with Gasteiger partial charge in [0.15, 0.2) is 10.9 Å². The van der Waals surface area contributed by atoms with Gasteiger partial charge in [-0.05, 0) is 54.4 Å². The number of phenols is 1. The molecule has 0 bridgehead atoms. The molecule has 0 saturated carbocycles. The van der Waals surface area contributed by atoms with Crippen LogP contribution < -0.4 is 0 Å². The molecule has 1 amide bonds. The molecule has 0 spiro atoms. The van der Waals surface area contributed by atoms with Gasteiger partial charge in [-0.3, -0.25) is 19.8 Å². The zero-order valence-electron chi connectivity index (χ0n) is 15.5. The Hall–Kier alpha value is -3.13. The Bertz CT molecular complexity index is 1000. The van der Waals surface area contributed by atoms with Crippen LogP contribution in [0.25, 0.3) is 6.08 Å². The fourth-order valence-corrected chi connectivity index (χ4v) is 3.88. The Labute approximate surface area is 166 Å². The summed E-state index contributed by atoms with van der Waals surface area (Å²) in [5.74, 6) is -0.609. The first-order valence-corrected chi connectivity index (χ1v) is 9.61. The van der Waals surface area contributed by atoms with Gasteiger partial charge in [0.2, 0.25) is 0 Å². The molecule has 0 radical (unpaired) electrons. The van der Waals surface area contributed by atoms with E-state index >= 15 is 0 Å². The summed E-state index contributed by atoms with van der Waals surface area (Å²) in [6.07, 6.45) is 2.41. The van der Waals surface area contributed by atoms with Crippen LogP contribution in [-0.2, 0) is 11.2 Å². The van der Waals surface area contributed by atoms with E-state index < -0.39 is 16.4 Å². The number of aliphatic imine (C=N–C) groups is 1. The molecule has 2 aromatic carbocycles. The van der Waals surface area contributed by atoms with Gasteiger partial charge in [0.25, 0.3) is 5.91 Å². The molecule has 1 aliphatic rings. The van der Waals surface area contributed by atoms with Gasteiger partial charge in [0, 0.05) is 12.6 Å². The van der Waals surface area contributed by atoms with Crippen molar-refractivity contribution in [2.75, 3.05) is 6.54 Å². The number of nitro groups is 1. The summed E-state index contributed by atoms with van der Waals surface area (Å²) in [4.78, 5) is 29.8. The summed E-state index contributed by atoms with van der Waals surface area (Å²) >= 11 is 1.23. The molecule has 1 saturated heterocycles. The van der Waals surface area contributed by atoms with E-state index in [1.165, 1.54) is 30.0 Å². The van der Waals surface area contributed by atoms with Gasteiger partial charge < -0.3 is 5.11 Å². The van der Waals surface area contributed by atoms with Gasteiger partial charge in [0.1, 0.15) is 0 Å². The number of aryl methyl sites for hydroxylation is 1. The molecule has 1 fully saturated rings. The SMILES string of the molecule is CCc1ccccc1N=C1S/C(=C/c2ccc(O)c([N+](=O)[O-])c2)C(=O)N1CC. The third kappa shape index (κ3) is 3.91. The molecule has 3 rings (SSSR count). The normalized spacial score (nSPS) is 16.9. The highest BCUT2D eigenvalue weighted by Gasteiger charge is 2.32. The highest BCUT2D eigenvalue weighted by Crippen LogP contribution is 2.36. The summed E-state index contributed by atoms with van der Waals surface area (Å²) < 4.78 is 0. The molecule has 7 nitrogen and oxygen atoms in total. The summed E-state index contributed by atoms with van der Waals surface area (Å²) in [5, 5.41) is 21.2. The molecular weight excluding hydrogens is 378 g/mol. The summed E-state index contributed by atoms with van der Waals surface area (Å²) in [6, 6.07) is 11.8. The van der Waals surface area contributed by atoms with Crippen molar-refractivity contribution in [1.29, 1.82) is 0 Å². The van der Waals surface area contributed by atoms with E-state index in [-0.39, 0.29) is 5.91 Å². The van der Waals surface area contributed by atoms with Crippen molar-refractivity contribution in [2.45, 2.75) is 20.3 Å². The quantitative estimate of drug-likeness (QED) is 0.456. The fraction of sp³-hybridized carbons (Fsp3) is 0.200. The average Bonchev–Trinajstić information content (AvgIpc) is 2.97. The molecular formula is C20H19N3O4S. The first-order valence-electron chi connectivity index (χ1n) is 8.80. The predicted octanol–water partition coefficient (Wildman–Crippen LogP) is 4.49. The lowest BCUT2D eigenvalue weighted by Crippen LogP contribution is -2.28. The summed E-state index contributed by atoms with van der Waals surface area (Å²) in [7, 11) is 0. The third-order valence-corrected chi connectivity index (χ3v) is 5.29. The molecule has 1 heterocycles. The minimum absolute atomic E-state index is 0.198. The number of amidine groups is 1. The first kappa shape index (κ1) is 19.6. The van der Waals surface area contributed by atoms with Gasteiger partial charge in [-0.15, -0.1) is 0 Å². The minimum Gasteiger partial charge on any atom is -0.502 e. The van der Waals surface area contributed by atoms with Crippen LogP contribution in [-0.4, -0.2) is 32.5 Å². The second-order valence-electron chi connectivity index (χ2n) is 6.04. The molecule has 8 heteroatoms. The number of likely N-dealkylation sites (N-methyl/N-ethyl adjacent to an activating group) is 1. The largest absolute Gasteiger partial charge is 0.502 e. The van der Waals surface area contributed by atoms with E-state index in [4.69, 9.17) is 0 Å². The van der Waals surface area contributed by atoms with Gasteiger partial charge >= 0.3 is 5.69 Å². The van der Waals surface area contributed by atoms with Crippen LogP contribution in [0.2, 0.25) is 0 Å². The number of carbonyl (C=O) groups excluding carboxylic acids is 1. The van der Waals surface area contributed by atoms with Crippen LogP contribution in [0.1, 0.15) is 25.0 Å². The number of nitro benzene ring substituents is 1. The van der Waals surface area contributed by atoms with Gasteiger partial charge in [-0.1, -0.05) is 31.2 Å². The maximum absolute atomic E-state index is 12.8.